The van der Waals surface area contributed by atoms with Crippen molar-refractivity contribution >= 4 is 0 Å². The molecule has 2 saturated heterocycles. The average Bonchev–Trinajstić information content (AvgIpc) is 3.28. The van der Waals surface area contributed by atoms with Crippen LogP contribution in [0.15, 0.2) is 24.3 Å². The molecule has 4 rings (SSSR count). The molecule has 0 radical (unpaired) electrons. The molecule has 1 aromatic carbocycles. The first-order valence-electron chi connectivity index (χ1n) is 8.37. The molecule has 2 aliphatic heterocycles. The number of benzene rings is 1. The smallest absolute Gasteiger partial charge is 0.119 e. The first-order valence-corrected chi connectivity index (χ1v) is 8.37. The number of fused-ring (bicyclic) bond motifs is 2. The van der Waals surface area contributed by atoms with Gasteiger partial charge in [0, 0.05) is 12.1 Å². The van der Waals surface area contributed by atoms with Crippen molar-refractivity contribution < 1.29 is 9.84 Å². The fourth-order valence-corrected chi connectivity index (χ4v) is 4.11. The third-order valence-corrected chi connectivity index (χ3v) is 5.63. The summed E-state index contributed by atoms with van der Waals surface area (Å²) in [5.41, 5.74) is 1.05. The van der Waals surface area contributed by atoms with Gasteiger partial charge in [0.2, 0.25) is 0 Å². The molecule has 0 aromatic heterocycles. The normalized spacial score (nSPS) is 33.9. The van der Waals surface area contributed by atoms with Gasteiger partial charge >= 0.3 is 0 Å². The van der Waals surface area contributed by atoms with Gasteiger partial charge in [0.15, 0.2) is 0 Å². The molecular weight excluding hydrogens is 262 g/mol. The highest BCUT2D eigenvalue weighted by molar-refractivity contribution is 5.29. The molecule has 3 nitrogen and oxygen atoms in total. The highest BCUT2D eigenvalue weighted by Gasteiger charge is 2.40. The minimum Gasteiger partial charge on any atom is -0.490 e. The fourth-order valence-electron chi connectivity index (χ4n) is 4.11. The maximum absolute atomic E-state index is 10.7. The van der Waals surface area contributed by atoms with E-state index in [0.717, 1.165) is 24.2 Å². The molecule has 3 fully saturated rings. The van der Waals surface area contributed by atoms with Crippen molar-refractivity contribution in [3.8, 4) is 5.75 Å². The third-order valence-electron chi connectivity index (χ3n) is 5.63. The zero-order valence-corrected chi connectivity index (χ0v) is 12.7. The minimum absolute atomic E-state index is 0.322. The molecule has 2 bridgehead atoms. The van der Waals surface area contributed by atoms with Gasteiger partial charge in [0.25, 0.3) is 0 Å². The second-order valence-corrected chi connectivity index (χ2v) is 7.11. The minimum atomic E-state index is -0.322. The van der Waals surface area contributed by atoms with Crippen molar-refractivity contribution in [2.45, 2.75) is 62.8 Å². The van der Waals surface area contributed by atoms with E-state index < -0.39 is 0 Å². The number of piperidine rings is 1. The maximum atomic E-state index is 10.7. The van der Waals surface area contributed by atoms with Crippen LogP contribution in [0.4, 0.5) is 0 Å². The SMILES string of the molecule is CN1C2CCC1CC(C(O)c1ccc(OC3CC3)cc1)C2. The number of nitrogens with zero attached hydrogens (tertiary/aromatic N) is 1. The van der Waals surface area contributed by atoms with E-state index in [1.807, 2.05) is 24.3 Å². The molecule has 0 amide bonds. The first kappa shape index (κ1) is 13.6. The zero-order valence-electron chi connectivity index (χ0n) is 12.7. The van der Waals surface area contributed by atoms with Gasteiger partial charge in [0.05, 0.1) is 12.2 Å². The molecule has 2 heterocycles. The summed E-state index contributed by atoms with van der Waals surface area (Å²) in [6.45, 7) is 0. The van der Waals surface area contributed by atoms with Gasteiger partial charge in [-0.25, -0.2) is 0 Å². The molecule has 3 heteroatoms. The van der Waals surface area contributed by atoms with E-state index in [-0.39, 0.29) is 6.10 Å². The van der Waals surface area contributed by atoms with Crippen LogP contribution in [0.1, 0.15) is 50.2 Å². The number of hydrogen-bond acceptors (Lipinski definition) is 3. The topological polar surface area (TPSA) is 32.7 Å². The van der Waals surface area contributed by atoms with Gasteiger partial charge in [-0.3, -0.25) is 0 Å². The van der Waals surface area contributed by atoms with Crippen molar-refractivity contribution in [1.82, 2.24) is 4.90 Å². The molecule has 3 atom stereocenters. The van der Waals surface area contributed by atoms with E-state index in [0.29, 0.717) is 24.1 Å². The molecule has 3 unspecified atom stereocenters. The Morgan fingerprint density at radius 2 is 1.67 bits per heavy atom. The van der Waals surface area contributed by atoms with Crippen molar-refractivity contribution in [3.05, 3.63) is 29.8 Å². The number of aliphatic hydroxyl groups is 1. The van der Waals surface area contributed by atoms with E-state index in [1.165, 1.54) is 25.7 Å². The summed E-state index contributed by atoms with van der Waals surface area (Å²) in [6.07, 6.45) is 7.35. The van der Waals surface area contributed by atoms with Gasteiger partial charge < -0.3 is 14.7 Å². The molecular formula is C18H25NO2. The number of hydrogen-bond donors (Lipinski definition) is 1. The van der Waals surface area contributed by atoms with Crippen LogP contribution in [0.25, 0.3) is 0 Å². The third kappa shape index (κ3) is 2.69. The number of aliphatic hydroxyl groups excluding tert-OH is 1. The Morgan fingerprint density at radius 1 is 1.05 bits per heavy atom. The summed E-state index contributed by atoms with van der Waals surface area (Å²) in [7, 11) is 2.24. The van der Waals surface area contributed by atoms with Crippen molar-refractivity contribution in [2.24, 2.45) is 5.92 Å². The van der Waals surface area contributed by atoms with Crippen LogP contribution in [0.3, 0.4) is 0 Å². The Balaban J connectivity index is 1.43. The summed E-state index contributed by atoms with van der Waals surface area (Å²) in [6, 6.07) is 9.48. The van der Waals surface area contributed by atoms with Gasteiger partial charge in [-0.05, 0) is 69.2 Å². The van der Waals surface area contributed by atoms with Crippen LogP contribution in [-0.2, 0) is 0 Å². The molecule has 1 aliphatic carbocycles. The summed E-state index contributed by atoms with van der Waals surface area (Å²) >= 11 is 0. The van der Waals surface area contributed by atoms with Gasteiger partial charge in [-0.15, -0.1) is 0 Å². The first-order chi connectivity index (χ1) is 10.2. The molecule has 3 aliphatic rings. The van der Waals surface area contributed by atoms with Crippen molar-refractivity contribution in [3.63, 3.8) is 0 Å². The predicted octanol–water partition coefficient (Wildman–Crippen LogP) is 3.13. The predicted molar refractivity (Wildman–Crippen MR) is 82.3 cm³/mol. The van der Waals surface area contributed by atoms with Gasteiger partial charge in [0.1, 0.15) is 5.75 Å². The van der Waals surface area contributed by atoms with Crippen LogP contribution in [0, 0.1) is 5.92 Å². The molecule has 1 aromatic rings. The second-order valence-electron chi connectivity index (χ2n) is 7.11. The van der Waals surface area contributed by atoms with Crippen LogP contribution in [0.5, 0.6) is 5.75 Å². The Bertz CT molecular complexity index is 482. The van der Waals surface area contributed by atoms with E-state index >= 15 is 0 Å². The molecule has 114 valence electrons. The van der Waals surface area contributed by atoms with Gasteiger partial charge in [-0.1, -0.05) is 12.1 Å². The Labute approximate surface area is 126 Å². The van der Waals surface area contributed by atoms with Crippen LogP contribution in [0.2, 0.25) is 0 Å². The highest BCUT2D eigenvalue weighted by atomic mass is 16.5. The molecule has 0 spiro atoms. The second kappa shape index (κ2) is 5.29. The summed E-state index contributed by atoms with van der Waals surface area (Å²) in [5, 5.41) is 10.7. The lowest BCUT2D eigenvalue weighted by Gasteiger charge is -2.38. The van der Waals surface area contributed by atoms with Crippen LogP contribution < -0.4 is 4.74 Å². The summed E-state index contributed by atoms with van der Waals surface area (Å²) in [5.74, 6) is 1.35. The molecule has 1 N–H and O–H groups in total. The Kier molecular flexibility index (Phi) is 3.43. The number of ether oxygens (including phenoxy) is 1. The lowest BCUT2D eigenvalue weighted by atomic mass is 9.84. The van der Waals surface area contributed by atoms with E-state index in [1.54, 1.807) is 0 Å². The van der Waals surface area contributed by atoms with Crippen molar-refractivity contribution in [1.29, 1.82) is 0 Å². The highest BCUT2D eigenvalue weighted by Crippen LogP contribution is 2.42. The van der Waals surface area contributed by atoms with Gasteiger partial charge in [-0.2, -0.15) is 0 Å². The van der Waals surface area contributed by atoms with E-state index in [2.05, 4.69) is 11.9 Å². The maximum Gasteiger partial charge on any atom is 0.119 e. The summed E-state index contributed by atoms with van der Waals surface area (Å²) < 4.78 is 5.78. The van der Waals surface area contributed by atoms with Crippen LogP contribution in [-0.4, -0.2) is 35.2 Å². The lowest BCUT2D eigenvalue weighted by molar-refractivity contribution is 0.0356. The zero-order chi connectivity index (χ0) is 14.4. The standard InChI is InChI=1S/C18H25NO2/c1-19-14-4-5-15(19)11-13(10-14)18(20)12-2-6-16(7-3-12)21-17-8-9-17/h2-3,6-7,13-15,17-18,20H,4-5,8-11H2,1H3. The Morgan fingerprint density at radius 3 is 2.24 bits per heavy atom. The summed E-state index contributed by atoms with van der Waals surface area (Å²) in [4.78, 5) is 2.52. The Hall–Kier alpha value is -1.06. The largest absolute Gasteiger partial charge is 0.490 e. The lowest BCUT2D eigenvalue weighted by Crippen LogP contribution is -2.41. The molecule has 1 saturated carbocycles. The van der Waals surface area contributed by atoms with E-state index in [4.69, 9.17) is 4.74 Å². The monoisotopic (exact) mass is 287 g/mol. The molecule has 21 heavy (non-hydrogen) atoms. The van der Waals surface area contributed by atoms with Crippen molar-refractivity contribution in [2.75, 3.05) is 7.05 Å². The van der Waals surface area contributed by atoms with E-state index in [9.17, 15) is 5.11 Å². The van der Waals surface area contributed by atoms with Crippen LogP contribution >= 0.6 is 0 Å². The quantitative estimate of drug-likeness (QED) is 0.923. The average molecular weight is 287 g/mol. The number of rotatable bonds is 4. The fraction of sp³-hybridized carbons (Fsp3) is 0.667.